The van der Waals surface area contributed by atoms with Crippen molar-refractivity contribution in [3.63, 3.8) is 0 Å². The molecule has 0 saturated heterocycles. The molecular weight excluding hydrogens is 323 g/mol. The number of hydrogen-bond donors (Lipinski definition) is 2. The number of likely N-dealkylation sites (N-methyl/N-ethyl adjacent to an activating group) is 1. The molecule has 1 aromatic carbocycles. The van der Waals surface area contributed by atoms with Crippen molar-refractivity contribution in [2.24, 2.45) is 0 Å². The highest BCUT2D eigenvalue weighted by atomic mass is 35.5. The number of aliphatic hydroxyl groups is 1. The predicted octanol–water partition coefficient (Wildman–Crippen LogP) is 2.67. The highest BCUT2D eigenvalue weighted by Crippen LogP contribution is 2.36. The van der Waals surface area contributed by atoms with Crippen molar-refractivity contribution in [2.45, 2.75) is 12.5 Å². The molecule has 0 aliphatic carbocycles. The van der Waals surface area contributed by atoms with Gasteiger partial charge in [-0.3, -0.25) is 0 Å². The summed E-state index contributed by atoms with van der Waals surface area (Å²) in [5.74, 6) is 0.675. The van der Waals surface area contributed by atoms with Crippen molar-refractivity contribution < 1.29 is 9.84 Å². The van der Waals surface area contributed by atoms with Gasteiger partial charge in [-0.05, 0) is 44.8 Å². The Bertz CT molecular complexity index is 572. The van der Waals surface area contributed by atoms with Crippen LogP contribution in [0.2, 0.25) is 10.0 Å². The summed E-state index contributed by atoms with van der Waals surface area (Å²) in [5, 5.41) is 14.6. The first-order valence-corrected chi connectivity index (χ1v) is 7.91. The second-order valence-electron chi connectivity index (χ2n) is 6.24. The molecule has 0 saturated carbocycles. The van der Waals surface area contributed by atoms with Crippen LogP contribution in [0.5, 0.6) is 5.75 Å². The van der Waals surface area contributed by atoms with Gasteiger partial charge in [-0.1, -0.05) is 23.2 Å². The third kappa shape index (κ3) is 4.86. The average Bonchev–Trinajstić information content (AvgIpc) is 2.36. The van der Waals surface area contributed by atoms with E-state index in [1.165, 1.54) is 0 Å². The Morgan fingerprint density at radius 1 is 1.36 bits per heavy atom. The minimum Gasteiger partial charge on any atom is -0.487 e. The predicted molar refractivity (Wildman–Crippen MR) is 92.0 cm³/mol. The van der Waals surface area contributed by atoms with E-state index >= 15 is 0 Å². The fraction of sp³-hybridized carbons (Fsp3) is 0.500. The lowest BCUT2D eigenvalue weighted by Crippen LogP contribution is -2.46. The van der Waals surface area contributed by atoms with E-state index < -0.39 is 5.60 Å². The van der Waals surface area contributed by atoms with Gasteiger partial charge in [0.05, 0.1) is 10.6 Å². The third-order valence-electron chi connectivity index (χ3n) is 3.31. The Morgan fingerprint density at radius 3 is 2.77 bits per heavy atom. The number of hydrogen-bond acceptors (Lipinski definition) is 4. The smallest absolute Gasteiger partial charge is 0.145 e. The van der Waals surface area contributed by atoms with Crippen LogP contribution in [-0.2, 0) is 0 Å². The van der Waals surface area contributed by atoms with Gasteiger partial charge >= 0.3 is 0 Å². The number of ether oxygens (including phenoxy) is 1. The zero-order valence-electron chi connectivity index (χ0n) is 13.1. The number of benzene rings is 1. The van der Waals surface area contributed by atoms with Gasteiger partial charge in [0.2, 0.25) is 0 Å². The summed E-state index contributed by atoms with van der Waals surface area (Å²) < 4.78 is 5.70. The fourth-order valence-corrected chi connectivity index (χ4v) is 3.16. The number of rotatable bonds is 6. The lowest BCUT2D eigenvalue weighted by molar-refractivity contribution is 0.0345. The monoisotopic (exact) mass is 344 g/mol. The van der Waals surface area contributed by atoms with E-state index in [0.29, 0.717) is 42.0 Å². The lowest BCUT2D eigenvalue weighted by atomic mass is 10.1. The summed E-state index contributed by atoms with van der Waals surface area (Å²) in [6, 6.07) is 3.52. The van der Waals surface area contributed by atoms with Crippen LogP contribution < -0.4 is 10.1 Å². The Labute approximate surface area is 141 Å². The molecule has 0 spiro atoms. The van der Waals surface area contributed by atoms with Crippen LogP contribution in [0.15, 0.2) is 17.7 Å². The van der Waals surface area contributed by atoms with Crippen LogP contribution in [0, 0.1) is 0 Å². The number of halogens is 2. The maximum Gasteiger partial charge on any atom is 0.145 e. The van der Waals surface area contributed by atoms with Gasteiger partial charge in [-0.15, -0.1) is 0 Å². The topological polar surface area (TPSA) is 44.7 Å². The van der Waals surface area contributed by atoms with Crippen LogP contribution in [0.3, 0.4) is 0 Å². The van der Waals surface area contributed by atoms with Crippen molar-refractivity contribution in [1.29, 1.82) is 0 Å². The minimum absolute atomic E-state index is 0.483. The molecule has 1 atom stereocenters. The lowest BCUT2D eigenvalue weighted by Gasteiger charge is -2.28. The Morgan fingerprint density at radius 2 is 2.09 bits per heavy atom. The van der Waals surface area contributed by atoms with Crippen LogP contribution in [0.25, 0.3) is 6.08 Å². The molecular formula is C16H22Cl2N2O2. The highest BCUT2D eigenvalue weighted by molar-refractivity contribution is 6.36. The van der Waals surface area contributed by atoms with Crippen molar-refractivity contribution in [3.05, 3.63) is 33.3 Å². The maximum atomic E-state index is 10.3. The molecule has 4 nitrogen and oxygen atoms in total. The van der Waals surface area contributed by atoms with Crippen molar-refractivity contribution in [1.82, 2.24) is 10.2 Å². The first-order valence-electron chi connectivity index (χ1n) is 7.16. The molecule has 22 heavy (non-hydrogen) atoms. The Hall–Kier alpha value is -0.780. The van der Waals surface area contributed by atoms with E-state index in [9.17, 15) is 5.11 Å². The zero-order chi connectivity index (χ0) is 16.3. The van der Waals surface area contributed by atoms with E-state index in [-0.39, 0.29) is 0 Å². The molecule has 0 aromatic heterocycles. The maximum absolute atomic E-state index is 10.3. The van der Waals surface area contributed by atoms with E-state index in [2.05, 4.69) is 5.32 Å². The van der Waals surface area contributed by atoms with Gasteiger partial charge in [0.15, 0.2) is 0 Å². The number of fused-ring (bicyclic) bond motifs is 1. The van der Waals surface area contributed by atoms with E-state index in [1.54, 1.807) is 6.07 Å². The van der Waals surface area contributed by atoms with E-state index in [0.717, 1.165) is 11.1 Å². The molecule has 1 aliphatic rings. The summed E-state index contributed by atoms with van der Waals surface area (Å²) >= 11 is 12.1. The largest absolute Gasteiger partial charge is 0.487 e. The summed E-state index contributed by atoms with van der Waals surface area (Å²) in [7, 11) is 3.88. The van der Waals surface area contributed by atoms with Gasteiger partial charge in [-0.2, -0.15) is 0 Å². The molecule has 0 amide bonds. The van der Waals surface area contributed by atoms with E-state index in [1.807, 2.05) is 38.1 Å². The van der Waals surface area contributed by atoms with Gasteiger partial charge in [-0.25, -0.2) is 0 Å². The van der Waals surface area contributed by atoms with Gasteiger partial charge in [0, 0.05) is 30.2 Å². The fourth-order valence-electron chi connectivity index (χ4n) is 2.60. The van der Waals surface area contributed by atoms with Crippen molar-refractivity contribution in [3.8, 4) is 5.75 Å². The quantitative estimate of drug-likeness (QED) is 0.832. The summed E-state index contributed by atoms with van der Waals surface area (Å²) in [6.07, 6.45) is 2.03. The standard InChI is InChI=1S/C16H22Cl2N2O2/c1-16(21,10-20(2)3)9-19-7-11-4-12-5-13(17)6-14(18)15(12)22-8-11/h4-6,19,21H,7-10H2,1-3H3. The van der Waals surface area contributed by atoms with E-state index in [4.69, 9.17) is 27.9 Å². The van der Waals surface area contributed by atoms with Gasteiger partial charge in [0.1, 0.15) is 12.4 Å². The molecule has 1 heterocycles. The van der Waals surface area contributed by atoms with Crippen molar-refractivity contribution >= 4 is 29.3 Å². The first-order chi connectivity index (χ1) is 10.3. The van der Waals surface area contributed by atoms with Gasteiger partial charge in [0.25, 0.3) is 0 Å². The SMILES string of the molecule is CN(C)CC(C)(O)CNCC1=Cc2cc(Cl)cc(Cl)c2OC1. The highest BCUT2D eigenvalue weighted by Gasteiger charge is 2.21. The van der Waals surface area contributed by atoms with Gasteiger partial charge < -0.3 is 20.1 Å². The second kappa shape index (κ2) is 7.20. The molecule has 1 aromatic rings. The molecule has 6 heteroatoms. The van der Waals surface area contributed by atoms with Crippen LogP contribution >= 0.6 is 23.2 Å². The molecule has 122 valence electrons. The summed E-state index contributed by atoms with van der Waals surface area (Å²) in [6.45, 7) is 4.06. The zero-order valence-corrected chi connectivity index (χ0v) is 14.6. The number of nitrogens with zero attached hydrogens (tertiary/aromatic N) is 1. The summed E-state index contributed by atoms with van der Waals surface area (Å²) in [4.78, 5) is 1.96. The molecule has 1 aliphatic heterocycles. The second-order valence-corrected chi connectivity index (χ2v) is 7.08. The van der Waals surface area contributed by atoms with Crippen LogP contribution in [0.1, 0.15) is 12.5 Å². The van der Waals surface area contributed by atoms with Crippen LogP contribution in [0.4, 0.5) is 0 Å². The average molecular weight is 345 g/mol. The normalized spacial score (nSPS) is 16.8. The molecule has 2 rings (SSSR count). The third-order valence-corrected chi connectivity index (χ3v) is 3.81. The Balaban J connectivity index is 1.96. The van der Waals surface area contributed by atoms with Crippen LogP contribution in [-0.4, -0.2) is 55.9 Å². The summed E-state index contributed by atoms with van der Waals surface area (Å²) in [5.41, 5.74) is 1.21. The molecule has 2 N–H and O–H groups in total. The molecule has 0 fully saturated rings. The molecule has 1 unspecified atom stereocenters. The molecule has 0 bridgehead atoms. The van der Waals surface area contributed by atoms with Crippen molar-refractivity contribution in [2.75, 3.05) is 40.3 Å². The molecule has 0 radical (unpaired) electrons. The Kier molecular flexibility index (Phi) is 5.75. The number of nitrogens with one attached hydrogen (secondary N) is 1. The minimum atomic E-state index is -0.774. The first kappa shape index (κ1) is 17.6.